The molecule has 0 radical (unpaired) electrons. The average molecular weight is 326 g/mol. The minimum absolute atomic E-state index is 0.266. The monoisotopic (exact) mass is 326 g/mol. The first-order valence-corrected chi connectivity index (χ1v) is 8.08. The number of fused-ring (bicyclic) bond motifs is 2. The molecule has 0 unspecified atom stereocenters. The van der Waals surface area contributed by atoms with Crippen molar-refractivity contribution in [3.05, 3.63) is 46.2 Å². The number of cyclic esters (lactones) is 1. The van der Waals surface area contributed by atoms with Crippen molar-refractivity contribution in [2.75, 3.05) is 14.2 Å². The first kappa shape index (κ1) is 14.1. The van der Waals surface area contributed by atoms with Gasteiger partial charge in [-0.1, -0.05) is 0 Å². The van der Waals surface area contributed by atoms with Gasteiger partial charge in [0.2, 0.25) is 0 Å². The van der Waals surface area contributed by atoms with E-state index in [2.05, 4.69) is 0 Å². The number of esters is 1. The Morgan fingerprint density at radius 2 is 1.87 bits per heavy atom. The summed E-state index contributed by atoms with van der Waals surface area (Å²) in [7, 11) is 3.22. The molecule has 0 saturated heterocycles. The van der Waals surface area contributed by atoms with Gasteiger partial charge in [-0.15, -0.1) is 0 Å². The average Bonchev–Trinajstić information content (AvgIpc) is 3.22. The van der Waals surface area contributed by atoms with E-state index in [4.69, 9.17) is 14.2 Å². The molecule has 0 aliphatic carbocycles. The number of ether oxygens (including phenoxy) is 3. The minimum Gasteiger partial charge on any atom is -0.493 e. The topological polar surface area (TPSA) is 44.8 Å². The number of thiophene rings is 1. The molecule has 0 bridgehead atoms. The van der Waals surface area contributed by atoms with Gasteiger partial charge >= 0.3 is 5.97 Å². The van der Waals surface area contributed by atoms with E-state index in [1.54, 1.807) is 25.6 Å². The Hall–Kier alpha value is -2.53. The predicted octanol–water partition coefficient (Wildman–Crippen LogP) is 4.26. The zero-order valence-electron chi connectivity index (χ0n) is 12.7. The van der Waals surface area contributed by atoms with Crippen molar-refractivity contribution in [1.29, 1.82) is 0 Å². The Balaban J connectivity index is 2.14. The molecule has 0 fully saturated rings. The van der Waals surface area contributed by atoms with Gasteiger partial charge < -0.3 is 14.2 Å². The van der Waals surface area contributed by atoms with Gasteiger partial charge in [0.05, 0.1) is 19.8 Å². The minimum atomic E-state index is -0.266. The molecule has 1 aliphatic rings. The SMILES string of the molecule is COc1cc2cc3c(c(-c4ccsc4)c2cc1OC)C(=O)OC3. The fraction of sp³-hybridized carbons (Fsp3) is 0.167. The van der Waals surface area contributed by atoms with E-state index in [0.717, 1.165) is 27.5 Å². The zero-order valence-corrected chi connectivity index (χ0v) is 13.5. The predicted molar refractivity (Wildman–Crippen MR) is 89.5 cm³/mol. The lowest BCUT2D eigenvalue weighted by Gasteiger charge is -2.14. The molecule has 4 rings (SSSR count). The fourth-order valence-corrected chi connectivity index (χ4v) is 3.70. The van der Waals surface area contributed by atoms with Crippen LogP contribution in [0.3, 0.4) is 0 Å². The summed E-state index contributed by atoms with van der Waals surface area (Å²) in [6, 6.07) is 7.87. The summed E-state index contributed by atoms with van der Waals surface area (Å²) in [5, 5.41) is 6.00. The number of carbonyl (C=O) groups excluding carboxylic acids is 1. The van der Waals surface area contributed by atoms with Gasteiger partial charge in [-0.25, -0.2) is 4.79 Å². The maximum atomic E-state index is 12.2. The Kier molecular flexibility index (Phi) is 3.23. The van der Waals surface area contributed by atoms with Crippen LogP contribution in [0.15, 0.2) is 35.0 Å². The Labute approximate surface area is 137 Å². The van der Waals surface area contributed by atoms with Gasteiger partial charge in [0.15, 0.2) is 11.5 Å². The quantitative estimate of drug-likeness (QED) is 0.675. The molecule has 5 heteroatoms. The lowest BCUT2D eigenvalue weighted by atomic mass is 9.91. The lowest BCUT2D eigenvalue weighted by Crippen LogP contribution is -1.99. The summed E-state index contributed by atoms with van der Waals surface area (Å²) in [4.78, 5) is 12.2. The molecule has 0 spiro atoms. The molecule has 0 saturated carbocycles. The highest BCUT2D eigenvalue weighted by atomic mass is 32.1. The smallest absolute Gasteiger partial charge is 0.339 e. The fourth-order valence-electron chi connectivity index (χ4n) is 3.05. The van der Waals surface area contributed by atoms with Crippen molar-refractivity contribution in [2.45, 2.75) is 6.61 Å². The molecule has 116 valence electrons. The van der Waals surface area contributed by atoms with Crippen LogP contribution in [0, 0.1) is 0 Å². The molecule has 0 atom stereocenters. The summed E-state index contributed by atoms with van der Waals surface area (Å²) < 4.78 is 16.1. The second-order valence-electron chi connectivity index (χ2n) is 5.30. The van der Waals surface area contributed by atoms with Crippen molar-refractivity contribution >= 4 is 28.1 Å². The zero-order chi connectivity index (χ0) is 16.0. The van der Waals surface area contributed by atoms with Crippen LogP contribution in [0.4, 0.5) is 0 Å². The molecule has 1 aromatic heterocycles. The van der Waals surface area contributed by atoms with Crippen molar-refractivity contribution in [2.24, 2.45) is 0 Å². The van der Waals surface area contributed by atoms with E-state index in [-0.39, 0.29) is 5.97 Å². The number of carbonyl (C=O) groups is 1. The van der Waals surface area contributed by atoms with Crippen LogP contribution in [0.2, 0.25) is 0 Å². The first-order valence-electron chi connectivity index (χ1n) is 7.14. The highest BCUT2D eigenvalue weighted by Gasteiger charge is 2.28. The van der Waals surface area contributed by atoms with Crippen molar-refractivity contribution in [1.82, 2.24) is 0 Å². The van der Waals surface area contributed by atoms with E-state index < -0.39 is 0 Å². The summed E-state index contributed by atoms with van der Waals surface area (Å²) >= 11 is 1.60. The van der Waals surface area contributed by atoms with Crippen LogP contribution in [0.1, 0.15) is 15.9 Å². The molecule has 1 aliphatic heterocycles. The molecular formula is C18H14O4S. The molecule has 2 heterocycles. The van der Waals surface area contributed by atoms with Crippen LogP contribution < -0.4 is 9.47 Å². The van der Waals surface area contributed by atoms with Crippen LogP contribution >= 0.6 is 11.3 Å². The van der Waals surface area contributed by atoms with Crippen molar-refractivity contribution < 1.29 is 19.0 Å². The highest BCUT2D eigenvalue weighted by molar-refractivity contribution is 7.08. The van der Waals surface area contributed by atoms with E-state index >= 15 is 0 Å². The number of rotatable bonds is 3. The van der Waals surface area contributed by atoms with Crippen molar-refractivity contribution in [3.63, 3.8) is 0 Å². The molecule has 0 N–H and O–H groups in total. The van der Waals surface area contributed by atoms with Crippen LogP contribution in [0.5, 0.6) is 11.5 Å². The molecule has 0 amide bonds. The van der Waals surface area contributed by atoms with Gasteiger partial charge in [0.1, 0.15) is 6.61 Å². The molecular weight excluding hydrogens is 312 g/mol. The third kappa shape index (κ3) is 2.08. The van der Waals surface area contributed by atoms with Crippen LogP contribution in [-0.2, 0) is 11.3 Å². The lowest BCUT2D eigenvalue weighted by molar-refractivity contribution is 0.0535. The number of hydrogen-bond donors (Lipinski definition) is 0. The summed E-state index contributed by atoms with van der Waals surface area (Å²) in [6.45, 7) is 0.315. The second-order valence-corrected chi connectivity index (χ2v) is 6.08. The second kappa shape index (κ2) is 5.28. The first-order chi connectivity index (χ1) is 11.2. The summed E-state index contributed by atoms with van der Waals surface area (Å²) in [5.41, 5.74) is 3.49. The largest absolute Gasteiger partial charge is 0.493 e. The number of methoxy groups -OCH3 is 2. The summed E-state index contributed by atoms with van der Waals surface area (Å²) in [5.74, 6) is 1.04. The molecule has 3 aromatic rings. The van der Waals surface area contributed by atoms with E-state index in [0.29, 0.717) is 23.7 Å². The maximum absolute atomic E-state index is 12.2. The number of benzene rings is 2. The van der Waals surface area contributed by atoms with E-state index in [9.17, 15) is 4.79 Å². The third-order valence-electron chi connectivity index (χ3n) is 4.10. The molecule has 2 aromatic carbocycles. The van der Waals surface area contributed by atoms with Gasteiger partial charge in [-0.05, 0) is 51.4 Å². The van der Waals surface area contributed by atoms with Gasteiger partial charge in [0, 0.05) is 11.1 Å². The van der Waals surface area contributed by atoms with E-state index in [1.807, 2.05) is 35.0 Å². The Bertz CT molecular complexity index is 913. The Morgan fingerprint density at radius 1 is 1.09 bits per heavy atom. The normalized spacial score (nSPS) is 13.0. The molecule has 4 nitrogen and oxygen atoms in total. The Morgan fingerprint density at radius 3 is 2.57 bits per heavy atom. The standard InChI is InChI=1S/C18H14O4S/c1-20-14-6-11-5-12-8-22-18(19)17(12)16(10-3-4-23-9-10)13(11)7-15(14)21-2/h3-7,9H,8H2,1-2H3. The van der Waals surface area contributed by atoms with E-state index in [1.165, 1.54) is 0 Å². The van der Waals surface area contributed by atoms with Crippen molar-refractivity contribution in [3.8, 4) is 22.6 Å². The number of hydrogen-bond acceptors (Lipinski definition) is 5. The van der Waals surface area contributed by atoms with Gasteiger partial charge in [0.25, 0.3) is 0 Å². The van der Waals surface area contributed by atoms with Gasteiger partial charge in [-0.2, -0.15) is 11.3 Å². The third-order valence-corrected chi connectivity index (χ3v) is 4.78. The molecule has 23 heavy (non-hydrogen) atoms. The van der Waals surface area contributed by atoms with Crippen LogP contribution in [0.25, 0.3) is 21.9 Å². The summed E-state index contributed by atoms with van der Waals surface area (Å²) in [6.07, 6.45) is 0. The highest BCUT2D eigenvalue weighted by Crippen LogP contribution is 2.42. The van der Waals surface area contributed by atoms with Gasteiger partial charge in [-0.3, -0.25) is 0 Å². The van der Waals surface area contributed by atoms with Crippen LogP contribution in [-0.4, -0.2) is 20.2 Å². The maximum Gasteiger partial charge on any atom is 0.339 e.